The molecule has 118 valence electrons. The Balaban J connectivity index is 1.99. The summed E-state index contributed by atoms with van der Waals surface area (Å²) >= 11 is 0. The minimum Gasteiger partial charge on any atom is -0.494 e. The number of aromatic nitrogens is 3. The quantitative estimate of drug-likeness (QED) is 0.581. The van der Waals surface area contributed by atoms with Crippen LogP contribution >= 0.6 is 0 Å². The normalized spacial score (nSPS) is 11.0. The van der Waals surface area contributed by atoms with E-state index in [9.17, 15) is 0 Å². The fraction of sp³-hybridized carbons (Fsp3) is 0.105. The molecule has 5 nitrogen and oxygen atoms in total. The monoisotopic (exact) mass is 316 g/mol. The number of fused-ring (bicyclic) bond motifs is 3. The van der Waals surface area contributed by atoms with Crippen molar-refractivity contribution in [1.29, 1.82) is 0 Å². The van der Waals surface area contributed by atoms with Gasteiger partial charge in [0.2, 0.25) is 5.95 Å². The SMILES string of the molecule is CCOc1ccc(-c2nc3ccccc3c3nc(N)ncc23)cc1. The lowest BCUT2D eigenvalue weighted by atomic mass is 10.0. The van der Waals surface area contributed by atoms with Gasteiger partial charge >= 0.3 is 0 Å². The van der Waals surface area contributed by atoms with Crippen LogP contribution in [0.15, 0.2) is 54.7 Å². The van der Waals surface area contributed by atoms with Gasteiger partial charge in [-0.05, 0) is 37.3 Å². The fourth-order valence-corrected chi connectivity index (χ4v) is 2.82. The number of pyridine rings is 1. The van der Waals surface area contributed by atoms with E-state index in [2.05, 4.69) is 9.97 Å². The topological polar surface area (TPSA) is 73.9 Å². The van der Waals surface area contributed by atoms with E-state index in [0.717, 1.165) is 38.8 Å². The summed E-state index contributed by atoms with van der Waals surface area (Å²) in [6.45, 7) is 2.61. The number of nitrogen functional groups attached to an aromatic ring is 1. The molecule has 0 fully saturated rings. The number of nitrogens with zero attached hydrogens (tertiary/aromatic N) is 3. The minimum absolute atomic E-state index is 0.261. The summed E-state index contributed by atoms with van der Waals surface area (Å²) in [7, 11) is 0. The zero-order valence-corrected chi connectivity index (χ0v) is 13.2. The Bertz CT molecular complexity index is 1030. The van der Waals surface area contributed by atoms with Crippen LogP contribution in [0.5, 0.6) is 5.75 Å². The summed E-state index contributed by atoms with van der Waals surface area (Å²) in [5.74, 6) is 1.10. The van der Waals surface area contributed by atoms with E-state index >= 15 is 0 Å². The van der Waals surface area contributed by atoms with E-state index in [1.807, 2.05) is 55.5 Å². The number of rotatable bonds is 3. The summed E-state index contributed by atoms with van der Waals surface area (Å²) in [6, 6.07) is 15.8. The summed E-state index contributed by atoms with van der Waals surface area (Å²) in [5.41, 5.74) is 9.32. The Hall–Kier alpha value is -3.21. The van der Waals surface area contributed by atoms with Gasteiger partial charge in [-0.3, -0.25) is 0 Å². The van der Waals surface area contributed by atoms with Crippen LogP contribution in [0, 0.1) is 0 Å². The number of ether oxygens (including phenoxy) is 1. The van der Waals surface area contributed by atoms with Crippen LogP contribution in [-0.4, -0.2) is 21.6 Å². The standard InChI is InChI=1S/C19H16N4O/c1-2-24-13-9-7-12(8-10-13)17-15-11-21-19(20)23-18(15)14-5-3-4-6-16(14)22-17/h3-11H,2H2,1H3,(H2,20,21,23). The van der Waals surface area contributed by atoms with Crippen LogP contribution in [0.3, 0.4) is 0 Å². The summed E-state index contributed by atoms with van der Waals surface area (Å²) in [4.78, 5) is 13.4. The highest BCUT2D eigenvalue weighted by atomic mass is 16.5. The third-order valence-corrected chi connectivity index (χ3v) is 3.89. The van der Waals surface area contributed by atoms with Gasteiger partial charge in [0.05, 0.1) is 23.3 Å². The van der Waals surface area contributed by atoms with E-state index in [0.29, 0.717) is 6.61 Å². The van der Waals surface area contributed by atoms with Crippen molar-refractivity contribution in [2.75, 3.05) is 12.3 Å². The Labute approximate surface area is 139 Å². The predicted octanol–water partition coefficient (Wildman–Crippen LogP) is 3.83. The van der Waals surface area contributed by atoms with E-state index in [1.54, 1.807) is 6.20 Å². The van der Waals surface area contributed by atoms with Gasteiger partial charge in [-0.1, -0.05) is 18.2 Å². The molecule has 4 aromatic rings. The van der Waals surface area contributed by atoms with Crippen molar-refractivity contribution in [1.82, 2.24) is 15.0 Å². The van der Waals surface area contributed by atoms with Crippen molar-refractivity contribution in [3.8, 4) is 17.0 Å². The Kier molecular flexibility index (Phi) is 3.46. The number of hydrogen-bond donors (Lipinski definition) is 1. The van der Waals surface area contributed by atoms with E-state index < -0.39 is 0 Å². The lowest BCUT2D eigenvalue weighted by molar-refractivity contribution is 0.340. The first-order chi connectivity index (χ1) is 11.8. The molecule has 5 heteroatoms. The smallest absolute Gasteiger partial charge is 0.220 e. The maximum Gasteiger partial charge on any atom is 0.220 e. The van der Waals surface area contributed by atoms with Gasteiger partial charge in [-0.25, -0.2) is 15.0 Å². The Morgan fingerprint density at radius 2 is 1.75 bits per heavy atom. The molecule has 0 aliphatic carbocycles. The van der Waals surface area contributed by atoms with Crippen molar-refractivity contribution in [2.45, 2.75) is 6.92 Å². The number of benzene rings is 2. The second kappa shape index (κ2) is 5.77. The zero-order valence-electron chi connectivity index (χ0n) is 13.2. The average Bonchev–Trinajstić information content (AvgIpc) is 2.62. The van der Waals surface area contributed by atoms with Gasteiger partial charge in [0, 0.05) is 22.5 Å². The van der Waals surface area contributed by atoms with Gasteiger partial charge in [-0.15, -0.1) is 0 Å². The van der Waals surface area contributed by atoms with Gasteiger partial charge in [0.15, 0.2) is 0 Å². The number of para-hydroxylation sites is 1. The molecule has 0 unspecified atom stereocenters. The molecule has 0 bridgehead atoms. The molecule has 0 aliphatic heterocycles. The first-order valence-electron chi connectivity index (χ1n) is 7.80. The second-order valence-corrected chi connectivity index (χ2v) is 5.43. The molecule has 0 radical (unpaired) electrons. The zero-order chi connectivity index (χ0) is 16.5. The highest BCUT2D eigenvalue weighted by molar-refractivity contribution is 6.08. The summed E-state index contributed by atoms with van der Waals surface area (Å²) in [5, 5.41) is 1.85. The van der Waals surface area contributed by atoms with Crippen molar-refractivity contribution >= 4 is 27.8 Å². The van der Waals surface area contributed by atoms with Gasteiger partial charge in [0.1, 0.15) is 5.75 Å². The molecule has 0 amide bonds. The van der Waals surface area contributed by atoms with Crippen LogP contribution < -0.4 is 10.5 Å². The van der Waals surface area contributed by atoms with Crippen LogP contribution in [0.25, 0.3) is 33.1 Å². The van der Waals surface area contributed by atoms with Crippen molar-refractivity contribution in [3.05, 3.63) is 54.7 Å². The van der Waals surface area contributed by atoms with Gasteiger partial charge < -0.3 is 10.5 Å². The molecule has 2 aromatic carbocycles. The van der Waals surface area contributed by atoms with Gasteiger partial charge in [-0.2, -0.15) is 0 Å². The molecule has 4 rings (SSSR count). The van der Waals surface area contributed by atoms with E-state index in [-0.39, 0.29) is 5.95 Å². The third-order valence-electron chi connectivity index (χ3n) is 3.89. The van der Waals surface area contributed by atoms with Crippen molar-refractivity contribution in [3.63, 3.8) is 0 Å². The van der Waals surface area contributed by atoms with E-state index in [4.69, 9.17) is 15.5 Å². The lowest BCUT2D eigenvalue weighted by Crippen LogP contribution is -1.98. The van der Waals surface area contributed by atoms with Gasteiger partial charge in [0.25, 0.3) is 0 Å². The van der Waals surface area contributed by atoms with Crippen LogP contribution in [-0.2, 0) is 0 Å². The number of anilines is 1. The van der Waals surface area contributed by atoms with Crippen molar-refractivity contribution < 1.29 is 4.74 Å². The molecule has 0 aliphatic rings. The number of hydrogen-bond acceptors (Lipinski definition) is 5. The average molecular weight is 316 g/mol. The maximum atomic E-state index is 5.80. The van der Waals surface area contributed by atoms with Crippen LogP contribution in [0.4, 0.5) is 5.95 Å². The first-order valence-corrected chi connectivity index (χ1v) is 7.80. The summed E-state index contributed by atoms with van der Waals surface area (Å²) < 4.78 is 5.51. The molecule has 2 heterocycles. The van der Waals surface area contributed by atoms with Crippen LogP contribution in [0.1, 0.15) is 6.92 Å². The Morgan fingerprint density at radius 3 is 2.54 bits per heavy atom. The lowest BCUT2D eigenvalue weighted by Gasteiger charge is -2.10. The molecule has 2 aromatic heterocycles. The number of nitrogens with two attached hydrogens (primary N) is 1. The predicted molar refractivity (Wildman–Crippen MR) is 95.9 cm³/mol. The third kappa shape index (κ3) is 2.40. The van der Waals surface area contributed by atoms with E-state index in [1.165, 1.54) is 0 Å². The van der Waals surface area contributed by atoms with Crippen molar-refractivity contribution in [2.24, 2.45) is 0 Å². The minimum atomic E-state index is 0.261. The maximum absolute atomic E-state index is 5.80. The first kappa shape index (κ1) is 14.4. The molecule has 0 saturated carbocycles. The Morgan fingerprint density at radius 1 is 0.958 bits per heavy atom. The largest absolute Gasteiger partial charge is 0.494 e. The molecular formula is C19H16N4O. The molecule has 0 saturated heterocycles. The molecule has 0 atom stereocenters. The molecule has 2 N–H and O–H groups in total. The molecule has 0 spiro atoms. The van der Waals surface area contributed by atoms with Crippen LogP contribution in [0.2, 0.25) is 0 Å². The highest BCUT2D eigenvalue weighted by Gasteiger charge is 2.12. The fourth-order valence-electron chi connectivity index (χ4n) is 2.82. The highest BCUT2D eigenvalue weighted by Crippen LogP contribution is 2.31. The second-order valence-electron chi connectivity index (χ2n) is 5.43. The molecule has 24 heavy (non-hydrogen) atoms. The summed E-state index contributed by atoms with van der Waals surface area (Å²) in [6.07, 6.45) is 1.74. The molecular weight excluding hydrogens is 300 g/mol.